The smallest absolute Gasteiger partial charge is 0.0794 e. The van der Waals surface area contributed by atoms with Gasteiger partial charge in [0.1, 0.15) is 0 Å². The minimum atomic E-state index is 0.651. The lowest BCUT2D eigenvalue weighted by Gasteiger charge is -2.42. The van der Waals surface area contributed by atoms with E-state index in [0.29, 0.717) is 18.0 Å². The second-order valence-corrected chi connectivity index (χ2v) is 6.19. The molecular weight excluding hydrogens is 230 g/mol. The minimum absolute atomic E-state index is 0.651. The van der Waals surface area contributed by atoms with Crippen molar-refractivity contribution in [2.75, 3.05) is 13.1 Å². The Morgan fingerprint density at radius 3 is 3.00 bits per heavy atom. The zero-order chi connectivity index (χ0) is 12.3. The average molecular weight is 253 g/mol. The van der Waals surface area contributed by atoms with E-state index in [0.717, 1.165) is 19.6 Å². The number of nitrogens with zero attached hydrogens (tertiary/aromatic N) is 2. The molecule has 0 spiro atoms. The third kappa shape index (κ3) is 3.27. The number of hydrogen-bond donors (Lipinski definition) is 1. The van der Waals surface area contributed by atoms with Crippen molar-refractivity contribution in [1.29, 1.82) is 0 Å². The highest BCUT2D eigenvalue weighted by Crippen LogP contribution is 2.20. The first-order valence-corrected chi connectivity index (χ1v) is 7.43. The van der Waals surface area contributed by atoms with Gasteiger partial charge in [-0.15, -0.1) is 11.3 Å². The Morgan fingerprint density at radius 1 is 1.59 bits per heavy atom. The van der Waals surface area contributed by atoms with E-state index in [2.05, 4.69) is 36.0 Å². The summed E-state index contributed by atoms with van der Waals surface area (Å²) in [7, 11) is 0. The van der Waals surface area contributed by atoms with Crippen molar-refractivity contribution in [3.05, 3.63) is 16.6 Å². The molecule has 1 N–H and O–H groups in total. The maximum Gasteiger partial charge on any atom is 0.0794 e. The monoisotopic (exact) mass is 253 g/mol. The molecule has 1 aromatic heterocycles. The molecule has 4 heteroatoms. The van der Waals surface area contributed by atoms with E-state index in [-0.39, 0.29) is 0 Å². The van der Waals surface area contributed by atoms with Gasteiger partial charge in [-0.3, -0.25) is 9.88 Å². The zero-order valence-electron chi connectivity index (χ0n) is 11.0. The Balaban J connectivity index is 2.02. The van der Waals surface area contributed by atoms with Gasteiger partial charge in [0.2, 0.25) is 0 Å². The number of piperazine rings is 1. The van der Waals surface area contributed by atoms with Crippen molar-refractivity contribution >= 4 is 11.3 Å². The van der Waals surface area contributed by atoms with Gasteiger partial charge in [0.05, 0.1) is 5.51 Å². The normalized spacial score (nSPS) is 26.6. The molecule has 0 aromatic carbocycles. The van der Waals surface area contributed by atoms with Crippen LogP contribution in [0.3, 0.4) is 0 Å². The molecule has 2 heterocycles. The number of aromatic nitrogens is 1. The van der Waals surface area contributed by atoms with Crippen LogP contribution in [0, 0.1) is 5.92 Å². The largest absolute Gasteiger partial charge is 0.311 e. The predicted molar refractivity (Wildman–Crippen MR) is 73.2 cm³/mol. The van der Waals surface area contributed by atoms with Crippen LogP contribution < -0.4 is 5.32 Å². The van der Waals surface area contributed by atoms with Gasteiger partial charge >= 0.3 is 0 Å². The molecule has 2 atom stereocenters. The molecule has 17 heavy (non-hydrogen) atoms. The average Bonchev–Trinajstić information content (AvgIpc) is 2.81. The van der Waals surface area contributed by atoms with Crippen molar-refractivity contribution in [3.63, 3.8) is 0 Å². The van der Waals surface area contributed by atoms with E-state index in [1.165, 1.54) is 11.3 Å². The quantitative estimate of drug-likeness (QED) is 0.893. The van der Waals surface area contributed by atoms with E-state index < -0.39 is 0 Å². The Labute approximate surface area is 108 Å². The molecule has 1 aliphatic rings. The second-order valence-electron chi connectivity index (χ2n) is 5.22. The predicted octanol–water partition coefficient (Wildman–Crippen LogP) is 2.35. The maximum absolute atomic E-state index is 4.17. The first-order chi connectivity index (χ1) is 8.20. The Bertz CT molecular complexity index is 323. The van der Waals surface area contributed by atoms with Gasteiger partial charge in [-0.25, -0.2) is 0 Å². The fourth-order valence-electron chi connectivity index (χ4n) is 2.53. The Morgan fingerprint density at radius 2 is 2.41 bits per heavy atom. The van der Waals surface area contributed by atoms with Crippen LogP contribution in [0.15, 0.2) is 11.7 Å². The van der Waals surface area contributed by atoms with Gasteiger partial charge in [-0.1, -0.05) is 20.8 Å². The highest BCUT2D eigenvalue weighted by molar-refractivity contribution is 7.09. The van der Waals surface area contributed by atoms with Crippen LogP contribution in [0.2, 0.25) is 0 Å². The highest BCUT2D eigenvalue weighted by Gasteiger charge is 2.29. The molecule has 0 radical (unpaired) electrons. The summed E-state index contributed by atoms with van der Waals surface area (Å²) in [5.74, 6) is 0.702. The van der Waals surface area contributed by atoms with Crippen LogP contribution in [0.1, 0.15) is 32.1 Å². The minimum Gasteiger partial charge on any atom is -0.311 e. The zero-order valence-corrected chi connectivity index (χ0v) is 11.8. The molecule has 2 rings (SSSR count). The molecule has 0 bridgehead atoms. The fourth-order valence-corrected chi connectivity index (χ4v) is 3.15. The lowest BCUT2D eigenvalue weighted by atomic mass is 9.97. The van der Waals surface area contributed by atoms with Gasteiger partial charge in [0.25, 0.3) is 0 Å². The van der Waals surface area contributed by atoms with Gasteiger partial charge in [-0.05, 0) is 12.3 Å². The standard InChI is InChI=1S/C13H23N3S/c1-4-11-7-16(8-12-5-14-9-17-12)13(6-15-11)10(2)3/h5,9-11,13,15H,4,6-8H2,1-3H3. The topological polar surface area (TPSA) is 28.2 Å². The van der Waals surface area contributed by atoms with Crippen LogP contribution in [0.5, 0.6) is 0 Å². The van der Waals surface area contributed by atoms with Crippen molar-refractivity contribution in [2.45, 2.75) is 45.8 Å². The molecule has 1 saturated heterocycles. The second kappa shape index (κ2) is 5.94. The first kappa shape index (κ1) is 13.0. The van der Waals surface area contributed by atoms with E-state index in [4.69, 9.17) is 0 Å². The summed E-state index contributed by atoms with van der Waals surface area (Å²) < 4.78 is 0. The third-order valence-electron chi connectivity index (χ3n) is 3.64. The summed E-state index contributed by atoms with van der Waals surface area (Å²) in [5, 5.41) is 3.66. The molecule has 1 aromatic rings. The summed E-state index contributed by atoms with van der Waals surface area (Å²) in [6.45, 7) is 10.2. The number of rotatable bonds is 4. The molecule has 96 valence electrons. The number of hydrogen-bond acceptors (Lipinski definition) is 4. The van der Waals surface area contributed by atoms with Crippen molar-refractivity contribution in [3.8, 4) is 0 Å². The number of thiazole rings is 1. The van der Waals surface area contributed by atoms with Crippen LogP contribution in [0.25, 0.3) is 0 Å². The lowest BCUT2D eigenvalue weighted by molar-refractivity contribution is 0.0910. The van der Waals surface area contributed by atoms with E-state index in [9.17, 15) is 0 Å². The molecular formula is C13H23N3S. The van der Waals surface area contributed by atoms with Crippen LogP contribution in [-0.4, -0.2) is 35.1 Å². The molecule has 1 aliphatic heterocycles. The molecule has 3 nitrogen and oxygen atoms in total. The van der Waals surface area contributed by atoms with Gasteiger partial charge < -0.3 is 5.32 Å². The first-order valence-electron chi connectivity index (χ1n) is 6.55. The van der Waals surface area contributed by atoms with Crippen LogP contribution in [-0.2, 0) is 6.54 Å². The third-order valence-corrected chi connectivity index (χ3v) is 4.41. The Hall–Kier alpha value is -0.450. The van der Waals surface area contributed by atoms with Crippen LogP contribution in [0.4, 0.5) is 0 Å². The van der Waals surface area contributed by atoms with Crippen LogP contribution >= 0.6 is 11.3 Å². The Kier molecular flexibility index (Phi) is 4.54. The fraction of sp³-hybridized carbons (Fsp3) is 0.769. The highest BCUT2D eigenvalue weighted by atomic mass is 32.1. The van der Waals surface area contributed by atoms with Gasteiger partial charge in [-0.2, -0.15) is 0 Å². The van der Waals surface area contributed by atoms with Gasteiger partial charge in [0, 0.05) is 42.8 Å². The lowest BCUT2D eigenvalue weighted by Crippen LogP contribution is -2.57. The maximum atomic E-state index is 4.17. The number of nitrogens with one attached hydrogen (secondary N) is 1. The molecule has 0 saturated carbocycles. The van der Waals surface area contributed by atoms with Crippen molar-refractivity contribution in [2.24, 2.45) is 5.92 Å². The van der Waals surface area contributed by atoms with E-state index in [1.54, 1.807) is 11.3 Å². The molecule has 1 fully saturated rings. The molecule has 0 amide bonds. The van der Waals surface area contributed by atoms with E-state index >= 15 is 0 Å². The van der Waals surface area contributed by atoms with Crippen molar-refractivity contribution < 1.29 is 0 Å². The summed E-state index contributed by atoms with van der Waals surface area (Å²) in [6, 6.07) is 1.30. The molecule has 0 aliphatic carbocycles. The SMILES string of the molecule is CCC1CN(Cc2cncs2)C(C(C)C)CN1. The summed E-state index contributed by atoms with van der Waals surface area (Å²) >= 11 is 1.77. The van der Waals surface area contributed by atoms with E-state index in [1.807, 2.05) is 11.7 Å². The van der Waals surface area contributed by atoms with Gasteiger partial charge in [0.15, 0.2) is 0 Å². The van der Waals surface area contributed by atoms with Crippen molar-refractivity contribution in [1.82, 2.24) is 15.2 Å². The summed E-state index contributed by atoms with van der Waals surface area (Å²) in [6.07, 6.45) is 3.22. The summed E-state index contributed by atoms with van der Waals surface area (Å²) in [5.41, 5.74) is 1.93. The summed E-state index contributed by atoms with van der Waals surface area (Å²) in [4.78, 5) is 8.18. The molecule has 2 unspecified atom stereocenters.